The molecule has 0 spiro atoms. The summed E-state index contributed by atoms with van der Waals surface area (Å²) in [5.41, 5.74) is 7.32. The Hall–Kier alpha value is -2.69. The molecule has 0 heterocycles. The quantitative estimate of drug-likeness (QED) is 0.244. The third-order valence-electron chi connectivity index (χ3n) is 3.92. The van der Waals surface area contributed by atoms with Gasteiger partial charge in [-0.15, -0.1) is 24.0 Å². The zero-order chi connectivity index (χ0) is 20.4. The number of nitrogens with zero attached hydrogens (tertiary/aromatic N) is 1. The number of nitrogens with one attached hydrogen (secondary N) is 3. The molecule has 9 heteroatoms. The van der Waals surface area contributed by atoms with Crippen molar-refractivity contribution in [1.82, 2.24) is 16.0 Å². The van der Waals surface area contributed by atoms with Crippen LogP contribution in [-0.2, 0) is 17.8 Å². The number of nitrogens with two attached hydrogens (primary N) is 1. The first-order valence-electron chi connectivity index (χ1n) is 8.82. The lowest BCUT2D eigenvalue weighted by atomic mass is 10.1. The highest BCUT2D eigenvalue weighted by atomic mass is 127. The van der Waals surface area contributed by atoms with Gasteiger partial charge in [0.15, 0.2) is 5.96 Å². The van der Waals surface area contributed by atoms with Crippen molar-refractivity contribution in [3.05, 3.63) is 71.0 Å². The number of hydrogen-bond donors (Lipinski definition) is 4. The molecule has 0 saturated carbocycles. The largest absolute Gasteiger partial charge is 0.368 e. The number of carbonyl (C=O) groups excluding carboxylic acids is 2. The average molecular weight is 513 g/mol. The Morgan fingerprint density at radius 3 is 2.38 bits per heavy atom. The second-order valence-electron chi connectivity index (χ2n) is 6.08. The van der Waals surface area contributed by atoms with E-state index in [2.05, 4.69) is 20.9 Å². The fraction of sp³-hybridized carbons (Fsp3) is 0.250. The van der Waals surface area contributed by atoms with Crippen molar-refractivity contribution in [1.29, 1.82) is 0 Å². The fourth-order valence-electron chi connectivity index (χ4n) is 2.47. The van der Waals surface area contributed by atoms with Crippen LogP contribution < -0.4 is 21.7 Å². The van der Waals surface area contributed by atoms with E-state index in [0.29, 0.717) is 31.0 Å². The van der Waals surface area contributed by atoms with Crippen LogP contribution in [0.25, 0.3) is 0 Å². The van der Waals surface area contributed by atoms with Gasteiger partial charge in [-0.3, -0.25) is 14.6 Å². The molecule has 0 atom stereocenters. The van der Waals surface area contributed by atoms with Gasteiger partial charge >= 0.3 is 0 Å². The summed E-state index contributed by atoms with van der Waals surface area (Å²) in [4.78, 5) is 26.7. The highest BCUT2D eigenvalue weighted by Crippen LogP contribution is 2.05. The summed E-state index contributed by atoms with van der Waals surface area (Å²) in [7, 11) is 1.67. The van der Waals surface area contributed by atoms with Crippen molar-refractivity contribution in [3.8, 4) is 0 Å². The molecule has 0 aliphatic heterocycles. The first kappa shape index (κ1) is 24.3. The number of guanidine groups is 1. The third kappa shape index (κ3) is 8.90. The molecule has 2 amide bonds. The van der Waals surface area contributed by atoms with Gasteiger partial charge in [0.25, 0.3) is 5.91 Å². The number of rotatable bonds is 8. The SMILES string of the molecule is CN=C(NCCc1cccc(F)c1)NCc1ccc(C(=O)NCC(N)=O)cc1.I. The van der Waals surface area contributed by atoms with E-state index < -0.39 is 5.91 Å². The first-order valence-corrected chi connectivity index (χ1v) is 8.82. The minimum Gasteiger partial charge on any atom is -0.368 e. The number of aliphatic imine (C=N–C) groups is 1. The van der Waals surface area contributed by atoms with Crippen LogP contribution in [-0.4, -0.2) is 37.9 Å². The van der Waals surface area contributed by atoms with E-state index in [1.165, 1.54) is 12.1 Å². The van der Waals surface area contributed by atoms with Crippen LogP contribution in [0.3, 0.4) is 0 Å². The second kappa shape index (κ2) is 12.7. The lowest BCUT2D eigenvalue weighted by Crippen LogP contribution is -2.37. The van der Waals surface area contributed by atoms with Gasteiger partial charge in [-0.05, 0) is 41.8 Å². The number of primary amides is 1. The summed E-state index contributed by atoms with van der Waals surface area (Å²) < 4.78 is 13.2. The Labute approximate surface area is 186 Å². The first-order chi connectivity index (χ1) is 13.5. The molecule has 0 aliphatic carbocycles. The molecule has 0 fully saturated rings. The van der Waals surface area contributed by atoms with E-state index in [9.17, 15) is 14.0 Å². The average Bonchev–Trinajstić information content (AvgIpc) is 2.69. The minimum absolute atomic E-state index is 0. The summed E-state index contributed by atoms with van der Waals surface area (Å²) in [6.07, 6.45) is 0.674. The molecular formula is C20H25FIN5O2. The number of halogens is 2. The molecule has 0 bridgehead atoms. The van der Waals surface area contributed by atoms with Crippen molar-refractivity contribution in [3.63, 3.8) is 0 Å². The van der Waals surface area contributed by atoms with E-state index >= 15 is 0 Å². The standard InChI is InChI=1S/C20H24FN5O2.HI/c1-23-20(24-10-9-14-3-2-4-17(21)11-14)26-12-15-5-7-16(8-6-15)19(28)25-13-18(22)27;/h2-8,11H,9-10,12-13H2,1H3,(H2,22,27)(H,25,28)(H2,23,24,26);1H. The van der Waals surface area contributed by atoms with Crippen LogP contribution >= 0.6 is 24.0 Å². The Kier molecular flexibility index (Phi) is 10.7. The van der Waals surface area contributed by atoms with Crippen LogP contribution in [0.5, 0.6) is 0 Å². The van der Waals surface area contributed by atoms with Gasteiger partial charge in [0, 0.05) is 25.7 Å². The molecule has 156 valence electrons. The summed E-state index contributed by atoms with van der Waals surface area (Å²) >= 11 is 0. The van der Waals surface area contributed by atoms with Gasteiger partial charge in [0.2, 0.25) is 5.91 Å². The number of benzene rings is 2. The predicted molar refractivity (Wildman–Crippen MR) is 122 cm³/mol. The van der Waals surface area contributed by atoms with E-state index in [1.54, 1.807) is 25.2 Å². The van der Waals surface area contributed by atoms with Crippen LogP contribution in [0.4, 0.5) is 4.39 Å². The Morgan fingerprint density at radius 2 is 1.76 bits per heavy atom. The molecule has 5 N–H and O–H groups in total. The van der Waals surface area contributed by atoms with Gasteiger partial charge in [-0.1, -0.05) is 24.3 Å². The smallest absolute Gasteiger partial charge is 0.251 e. The fourth-order valence-corrected chi connectivity index (χ4v) is 2.47. The van der Waals surface area contributed by atoms with Gasteiger partial charge in [0.1, 0.15) is 5.82 Å². The van der Waals surface area contributed by atoms with Crippen molar-refractivity contribution < 1.29 is 14.0 Å². The second-order valence-corrected chi connectivity index (χ2v) is 6.08. The highest BCUT2D eigenvalue weighted by Gasteiger charge is 2.06. The van der Waals surface area contributed by atoms with Crippen LogP contribution in [0.1, 0.15) is 21.5 Å². The Morgan fingerprint density at radius 1 is 1.03 bits per heavy atom. The number of hydrogen-bond acceptors (Lipinski definition) is 3. The molecule has 2 aromatic rings. The van der Waals surface area contributed by atoms with Gasteiger partial charge in [-0.2, -0.15) is 0 Å². The Bertz CT molecular complexity index is 843. The lowest BCUT2D eigenvalue weighted by Gasteiger charge is -2.12. The third-order valence-corrected chi connectivity index (χ3v) is 3.92. The summed E-state index contributed by atoms with van der Waals surface area (Å²) in [6, 6.07) is 13.5. The molecule has 0 unspecified atom stereocenters. The van der Waals surface area contributed by atoms with E-state index in [1.807, 2.05) is 18.2 Å². The van der Waals surface area contributed by atoms with Crippen molar-refractivity contribution in [2.75, 3.05) is 20.1 Å². The van der Waals surface area contributed by atoms with Gasteiger partial charge < -0.3 is 21.7 Å². The lowest BCUT2D eigenvalue weighted by molar-refractivity contribution is -0.117. The maximum absolute atomic E-state index is 13.2. The zero-order valence-electron chi connectivity index (χ0n) is 16.1. The van der Waals surface area contributed by atoms with Gasteiger partial charge in [-0.25, -0.2) is 4.39 Å². The number of amides is 2. The van der Waals surface area contributed by atoms with Crippen LogP contribution in [0.15, 0.2) is 53.5 Å². The molecule has 0 radical (unpaired) electrons. The molecule has 0 aliphatic rings. The molecule has 2 aromatic carbocycles. The highest BCUT2D eigenvalue weighted by molar-refractivity contribution is 14.0. The number of carbonyl (C=O) groups is 2. The molecule has 29 heavy (non-hydrogen) atoms. The zero-order valence-corrected chi connectivity index (χ0v) is 18.4. The molecule has 0 aromatic heterocycles. The summed E-state index contributed by atoms with van der Waals surface area (Å²) in [5, 5.41) is 8.78. The van der Waals surface area contributed by atoms with Crippen molar-refractivity contribution in [2.24, 2.45) is 10.7 Å². The van der Waals surface area contributed by atoms with Crippen LogP contribution in [0.2, 0.25) is 0 Å². The van der Waals surface area contributed by atoms with E-state index in [-0.39, 0.29) is 42.2 Å². The molecule has 0 saturated heterocycles. The predicted octanol–water partition coefficient (Wildman–Crippen LogP) is 1.57. The maximum atomic E-state index is 13.2. The Balaban J connectivity index is 0.00000420. The topological polar surface area (TPSA) is 109 Å². The van der Waals surface area contributed by atoms with Crippen molar-refractivity contribution >= 4 is 41.8 Å². The molecular weight excluding hydrogens is 488 g/mol. The van der Waals surface area contributed by atoms with Gasteiger partial charge in [0.05, 0.1) is 6.54 Å². The summed E-state index contributed by atoms with van der Waals surface area (Å²) in [5.74, 6) is -0.565. The monoisotopic (exact) mass is 513 g/mol. The van der Waals surface area contributed by atoms with E-state index in [4.69, 9.17) is 5.73 Å². The minimum atomic E-state index is -0.592. The van der Waals surface area contributed by atoms with E-state index in [0.717, 1.165) is 11.1 Å². The normalized spacial score (nSPS) is 10.6. The van der Waals surface area contributed by atoms with Crippen LogP contribution in [0, 0.1) is 5.82 Å². The molecule has 2 rings (SSSR count). The summed E-state index contributed by atoms with van der Waals surface area (Å²) in [6.45, 7) is 0.935. The molecule has 7 nitrogen and oxygen atoms in total. The maximum Gasteiger partial charge on any atom is 0.251 e. The van der Waals surface area contributed by atoms with Crippen molar-refractivity contribution in [2.45, 2.75) is 13.0 Å².